The van der Waals surface area contributed by atoms with Crippen LogP contribution in [0.4, 0.5) is 0 Å². The van der Waals surface area contributed by atoms with Crippen molar-refractivity contribution in [3.8, 4) is 0 Å². The van der Waals surface area contributed by atoms with Gasteiger partial charge < -0.3 is 4.57 Å². The minimum Gasteiger partial charge on any atom is -0.327 e. The van der Waals surface area contributed by atoms with E-state index >= 15 is 0 Å². The highest BCUT2D eigenvalue weighted by molar-refractivity contribution is 5.75. The molecule has 1 heterocycles. The maximum Gasteiger partial charge on any atom is 0.0960 e. The van der Waals surface area contributed by atoms with Crippen LogP contribution in [0.5, 0.6) is 0 Å². The molecule has 2 nitrogen and oxygen atoms in total. The maximum atomic E-state index is 4.38. The summed E-state index contributed by atoms with van der Waals surface area (Å²) in [7, 11) is 0. The van der Waals surface area contributed by atoms with Gasteiger partial charge in [0.15, 0.2) is 0 Å². The molecule has 0 radical (unpaired) electrons. The smallest absolute Gasteiger partial charge is 0.0960 e. The predicted molar refractivity (Wildman–Crippen MR) is 52.6 cm³/mol. The van der Waals surface area contributed by atoms with Crippen molar-refractivity contribution in [3.63, 3.8) is 0 Å². The minimum absolute atomic E-state index is 0.715. The molecule has 1 aromatic carbocycles. The molecular formula is C11H12N2. The summed E-state index contributed by atoms with van der Waals surface area (Å²) in [6, 6.07) is 9.07. The molecular weight excluding hydrogens is 160 g/mol. The molecule has 13 heavy (non-hydrogen) atoms. The predicted octanol–water partition coefficient (Wildman–Crippen LogP) is 2.76. The number of imidazole rings is 1. The molecule has 0 unspecified atom stereocenters. The monoisotopic (exact) mass is 172 g/mol. The molecule has 0 atom stereocenters. The van der Waals surface area contributed by atoms with Gasteiger partial charge in [-0.15, -0.1) is 0 Å². The first kappa shape index (κ1) is 7.13. The average Bonchev–Trinajstić information content (AvgIpc) is 2.47. The van der Waals surface area contributed by atoms with Crippen molar-refractivity contribution >= 4 is 11.0 Å². The van der Waals surface area contributed by atoms with Crippen molar-refractivity contribution in [2.24, 2.45) is 0 Å². The van der Waals surface area contributed by atoms with Crippen molar-refractivity contribution < 1.29 is 0 Å². The van der Waals surface area contributed by atoms with Crippen LogP contribution in [0.2, 0.25) is 0 Å². The van der Waals surface area contributed by atoms with E-state index in [-0.39, 0.29) is 0 Å². The van der Waals surface area contributed by atoms with Crippen molar-refractivity contribution in [3.05, 3.63) is 30.6 Å². The number of nitrogens with zero attached hydrogens (tertiary/aromatic N) is 2. The molecule has 2 aromatic rings. The van der Waals surface area contributed by atoms with Crippen LogP contribution in [-0.4, -0.2) is 9.55 Å². The van der Waals surface area contributed by atoms with Gasteiger partial charge >= 0.3 is 0 Å². The van der Waals surface area contributed by atoms with E-state index in [1.807, 2.05) is 12.4 Å². The third-order valence-electron chi connectivity index (χ3n) is 2.95. The molecule has 1 aliphatic rings. The molecule has 2 heteroatoms. The van der Waals surface area contributed by atoms with E-state index in [1.165, 1.54) is 24.8 Å². The summed E-state index contributed by atoms with van der Waals surface area (Å²) in [5, 5.41) is 0. The Morgan fingerprint density at radius 3 is 2.85 bits per heavy atom. The molecule has 1 fully saturated rings. The largest absolute Gasteiger partial charge is 0.327 e. The van der Waals surface area contributed by atoms with Gasteiger partial charge in [-0.3, -0.25) is 0 Å². The number of fused-ring (bicyclic) bond motifs is 1. The van der Waals surface area contributed by atoms with Crippen LogP contribution in [0.1, 0.15) is 25.3 Å². The normalized spacial score (nSPS) is 17.5. The Morgan fingerprint density at radius 1 is 1.23 bits per heavy atom. The van der Waals surface area contributed by atoms with Gasteiger partial charge in [0.2, 0.25) is 0 Å². The van der Waals surface area contributed by atoms with Crippen LogP contribution < -0.4 is 0 Å². The van der Waals surface area contributed by atoms with Gasteiger partial charge in [-0.2, -0.15) is 0 Å². The van der Waals surface area contributed by atoms with Crippen LogP contribution >= 0.6 is 0 Å². The lowest BCUT2D eigenvalue weighted by molar-refractivity contribution is 0.320. The number of aromatic nitrogens is 2. The van der Waals surface area contributed by atoms with Gasteiger partial charge in [0.1, 0.15) is 0 Å². The standard InChI is InChI=1S/C11H12N2/c1-2-7-11-10(6-1)12-8-13(11)9-4-3-5-9/h1-2,6-9H,3-5H2. The van der Waals surface area contributed by atoms with E-state index in [0.29, 0.717) is 6.04 Å². The molecule has 66 valence electrons. The molecule has 0 bridgehead atoms. The number of benzene rings is 1. The van der Waals surface area contributed by atoms with E-state index in [4.69, 9.17) is 0 Å². The molecule has 0 aliphatic heterocycles. The summed E-state index contributed by atoms with van der Waals surface area (Å²) in [5.41, 5.74) is 2.40. The van der Waals surface area contributed by atoms with Gasteiger partial charge in [0, 0.05) is 6.04 Å². The lowest BCUT2D eigenvalue weighted by Gasteiger charge is -2.27. The Balaban J connectivity index is 2.17. The summed E-state index contributed by atoms with van der Waals surface area (Å²) in [6.45, 7) is 0. The second-order valence-corrected chi connectivity index (χ2v) is 3.73. The zero-order valence-electron chi connectivity index (χ0n) is 7.48. The van der Waals surface area contributed by atoms with Crippen LogP contribution in [0.25, 0.3) is 11.0 Å². The summed E-state index contributed by atoms with van der Waals surface area (Å²) in [4.78, 5) is 4.38. The molecule has 1 saturated carbocycles. The lowest BCUT2D eigenvalue weighted by Crippen LogP contribution is -2.15. The molecule has 3 rings (SSSR count). The topological polar surface area (TPSA) is 17.8 Å². The summed E-state index contributed by atoms with van der Waals surface area (Å²) < 4.78 is 2.32. The van der Waals surface area contributed by atoms with Crippen molar-refractivity contribution in [1.29, 1.82) is 0 Å². The molecule has 0 saturated heterocycles. The SMILES string of the molecule is c1ccc2c(c1)ncn2C1CCC1. The van der Waals surface area contributed by atoms with Crippen molar-refractivity contribution in [1.82, 2.24) is 9.55 Å². The van der Waals surface area contributed by atoms with Crippen molar-refractivity contribution in [2.45, 2.75) is 25.3 Å². The third kappa shape index (κ3) is 0.981. The highest BCUT2D eigenvalue weighted by atomic mass is 15.1. The van der Waals surface area contributed by atoms with Gasteiger partial charge in [0.25, 0.3) is 0 Å². The zero-order valence-corrected chi connectivity index (χ0v) is 7.48. The summed E-state index contributed by atoms with van der Waals surface area (Å²) in [6.07, 6.45) is 5.99. The van der Waals surface area contributed by atoms with Gasteiger partial charge in [-0.25, -0.2) is 4.98 Å². The Hall–Kier alpha value is -1.31. The second-order valence-electron chi connectivity index (χ2n) is 3.73. The molecule has 0 amide bonds. The fourth-order valence-electron chi connectivity index (χ4n) is 1.93. The average molecular weight is 172 g/mol. The van der Waals surface area contributed by atoms with E-state index < -0.39 is 0 Å². The van der Waals surface area contributed by atoms with E-state index in [0.717, 1.165) is 5.52 Å². The Labute approximate surface area is 77.2 Å². The fraction of sp³-hybridized carbons (Fsp3) is 0.364. The minimum atomic E-state index is 0.715. The lowest BCUT2D eigenvalue weighted by atomic mass is 9.93. The first-order valence-electron chi connectivity index (χ1n) is 4.87. The summed E-state index contributed by atoms with van der Waals surface area (Å²) >= 11 is 0. The highest BCUT2D eigenvalue weighted by Gasteiger charge is 2.20. The molecule has 1 aromatic heterocycles. The second kappa shape index (κ2) is 2.59. The fourth-order valence-corrected chi connectivity index (χ4v) is 1.93. The van der Waals surface area contributed by atoms with E-state index in [9.17, 15) is 0 Å². The van der Waals surface area contributed by atoms with Gasteiger partial charge in [-0.05, 0) is 31.4 Å². The molecule has 1 aliphatic carbocycles. The summed E-state index contributed by atoms with van der Waals surface area (Å²) in [5.74, 6) is 0. The van der Waals surface area contributed by atoms with Gasteiger partial charge in [-0.1, -0.05) is 12.1 Å². The zero-order chi connectivity index (χ0) is 8.67. The van der Waals surface area contributed by atoms with E-state index in [1.54, 1.807) is 0 Å². The molecule has 0 spiro atoms. The van der Waals surface area contributed by atoms with Crippen molar-refractivity contribution in [2.75, 3.05) is 0 Å². The molecule has 0 N–H and O–H groups in total. The van der Waals surface area contributed by atoms with E-state index in [2.05, 4.69) is 27.8 Å². The van der Waals surface area contributed by atoms with Crippen LogP contribution in [0, 0.1) is 0 Å². The maximum absolute atomic E-state index is 4.38. The van der Waals surface area contributed by atoms with Crippen LogP contribution in [0.3, 0.4) is 0 Å². The number of para-hydroxylation sites is 2. The number of hydrogen-bond acceptors (Lipinski definition) is 1. The van der Waals surface area contributed by atoms with Crippen LogP contribution in [-0.2, 0) is 0 Å². The Kier molecular flexibility index (Phi) is 1.42. The first-order valence-corrected chi connectivity index (χ1v) is 4.87. The highest BCUT2D eigenvalue weighted by Crippen LogP contribution is 2.33. The number of rotatable bonds is 1. The van der Waals surface area contributed by atoms with Crippen LogP contribution in [0.15, 0.2) is 30.6 Å². The Morgan fingerprint density at radius 2 is 2.08 bits per heavy atom. The third-order valence-corrected chi connectivity index (χ3v) is 2.95. The Bertz CT molecular complexity index is 426. The van der Waals surface area contributed by atoms with Gasteiger partial charge in [0.05, 0.1) is 17.4 Å². The first-order chi connectivity index (χ1) is 6.45. The number of hydrogen-bond donors (Lipinski definition) is 0. The quantitative estimate of drug-likeness (QED) is 0.646.